The molecule has 0 aromatic carbocycles. The molecule has 92 valence electrons. The molecule has 2 heterocycles. The van der Waals surface area contributed by atoms with Crippen molar-refractivity contribution < 1.29 is 4.79 Å². The van der Waals surface area contributed by atoms with Gasteiger partial charge in [0.1, 0.15) is 5.69 Å². The second-order valence-corrected chi connectivity index (χ2v) is 5.95. The fraction of sp³-hybridized carbons (Fsp3) is 0.615. The van der Waals surface area contributed by atoms with E-state index in [2.05, 4.69) is 26.7 Å². The molecule has 2 fully saturated rings. The third kappa shape index (κ3) is 2.28. The number of carbonyl (C=O) groups is 1. The van der Waals surface area contributed by atoms with E-state index >= 15 is 0 Å². The first-order valence-electron chi connectivity index (χ1n) is 6.42. The molecule has 1 saturated heterocycles. The Bertz CT molecular complexity index is 431. The summed E-state index contributed by atoms with van der Waals surface area (Å²) in [5.74, 6) is 0.210. The summed E-state index contributed by atoms with van der Waals surface area (Å²) in [6, 6.07) is 2.53. The van der Waals surface area contributed by atoms with Gasteiger partial charge in [0.2, 0.25) is 0 Å². The third-order valence-electron chi connectivity index (χ3n) is 3.62. The van der Waals surface area contributed by atoms with Crippen LogP contribution in [0.2, 0.25) is 0 Å². The van der Waals surface area contributed by atoms with Gasteiger partial charge in [0.15, 0.2) is 0 Å². The Morgan fingerprint density at radius 3 is 2.59 bits per heavy atom. The minimum Gasteiger partial charge on any atom is -0.339 e. The Kier molecular flexibility index (Phi) is 2.99. The van der Waals surface area contributed by atoms with Crippen molar-refractivity contribution in [2.75, 3.05) is 13.1 Å². The minimum atomic E-state index is 0.210. The highest BCUT2D eigenvalue weighted by atomic mass is 79.9. The summed E-state index contributed by atoms with van der Waals surface area (Å²) in [5.41, 5.74) is 0.862. The van der Waals surface area contributed by atoms with E-state index in [-0.39, 0.29) is 5.91 Å². The molecule has 0 atom stereocenters. The minimum absolute atomic E-state index is 0.210. The van der Waals surface area contributed by atoms with E-state index in [4.69, 9.17) is 0 Å². The lowest BCUT2D eigenvalue weighted by molar-refractivity contribution is 0.0713. The number of piperidine rings is 1. The zero-order valence-electron chi connectivity index (χ0n) is 9.86. The molecule has 2 aliphatic rings. The van der Waals surface area contributed by atoms with Gasteiger partial charge in [0.25, 0.3) is 5.91 Å². The number of rotatable bonds is 2. The molecule has 1 amide bonds. The quantitative estimate of drug-likeness (QED) is 0.823. The third-order valence-corrected chi connectivity index (χ3v) is 4.05. The van der Waals surface area contributed by atoms with Crippen LogP contribution < -0.4 is 0 Å². The second-order valence-electron chi connectivity index (χ2n) is 5.03. The van der Waals surface area contributed by atoms with Gasteiger partial charge in [-0.05, 0) is 54.1 Å². The average Bonchev–Trinajstić information content (AvgIpc) is 3.13. The summed E-state index contributed by atoms with van der Waals surface area (Å²) in [6.07, 6.45) is 8.03. The van der Waals surface area contributed by atoms with E-state index in [0.717, 1.165) is 36.1 Å². The summed E-state index contributed by atoms with van der Waals surface area (Å²) in [7, 11) is 0. The number of nitrogens with zero attached hydrogens (tertiary/aromatic N) is 2. The molecule has 0 bridgehead atoms. The summed E-state index contributed by atoms with van der Waals surface area (Å²) in [6.45, 7) is 1.85. The van der Waals surface area contributed by atoms with E-state index in [9.17, 15) is 4.79 Å². The van der Waals surface area contributed by atoms with Crippen LogP contribution >= 0.6 is 15.9 Å². The number of likely N-dealkylation sites (tertiary alicyclic amines) is 1. The largest absolute Gasteiger partial charge is 0.339 e. The Labute approximate surface area is 110 Å². The lowest BCUT2D eigenvalue weighted by Crippen LogP contribution is -2.36. The fourth-order valence-electron chi connectivity index (χ4n) is 2.53. The first-order valence-corrected chi connectivity index (χ1v) is 7.21. The van der Waals surface area contributed by atoms with Crippen molar-refractivity contribution >= 4 is 21.8 Å². The highest BCUT2D eigenvalue weighted by Gasteiger charge is 2.29. The standard InChI is InChI=1S/C13H17BrN2O/c14-10-8-12(16(9-10)11-4-5-11)13(17)15-6-2-1-3-7-15/h8-9,11H,1-7H2. The molecule has 0 N–H and O–H groups in total. The van der Waals surface area contributed by atoms with Crippen molar-refractivity contribution in [3.63, 3.8) is 0 Å². The van der Waals surface area contributed by atoms with Crippen molar-refractivity contribution in [3.8, 4) is 0 Å². The van der Waals surface area contributed by atoms with Gasteiger partial charge >= 0.3 is 0 Å². The fourth-order valence-corrected chi connectivity index (χ4v) is 2.97. The Morgan fingerprint density at radius 1 is 1.24 bits per heavy atom. The second kappa shape index (κ2) is 4.48. The van der Waals surface area contributed by atoms with Crippen LogP contribution in [0.3, 0.4) is 0 Å². The highest BCUT2D eigenvalue weighted by Crippen LogP contribution is 2.37. The van der Waals surface area contributed by atoms with Crippen LogP contribution in [0, 0.1) is 0 Å². The summed E-state index contributed by atoms with van der Waals surface area (Å²) < 4.78 is 3.17. The molecule has 3 nitrogen and oxygen atoms in total. The van der Waals surface area contributed by atoms with E-state index in [1.54, 1.807) is 0 Å². The van der Waals surface area contributed by atoms with E-state index < -0.39 is 0 Å². The van der Waals surface area contributed by atoms with E-state index in [1.807, 2.05) is 11.0 Å². The normalized spacial score (nSPS) is 20.6. The SMILES string of the molecule is O=C(c1cc(Br)cn1C1CC1)N1CCCCC1. The molecule has 17 heavy (non-hydrogen) atoms. The van der Waals surface area contributed by atoms with Crippen molar-refractivity contribution in [1.29, 1.82) is 0 Å². The molecule has 1 aliphatic carbocycles. The van der Waals surface area contributed by atoms with Gasteiger partial charge in [0.05, 0.1) is 0 Å². The molecule has 3 rings (SSSR count). The van der Waals surface area contributed by atoms with Gasteiger partial charge in [-0.25, -0.2) is 0 Å². The van der Waals surface area contributed by atoms with Crippen LogP contribution in [0.15, 0.2) is 16.7 Å². The Balaban J connectivity index is 1.84. The van der Waals surface area contributed by atoms with E-state index in [0.29, 0.717) is 6.04 Å². The van der Waals surface area contributed by atoms with Crippen LogP contribution in [-0.4, -0.2) is 28.5 Å². The lowest BCUT2D eigenvalue weighted by Gasteiger charge is -2.27. The molecule has 0 spiro atoms. The predicted molar refractivity (Wildman–Crippen MR) is 70.2 cm³/mol. The molecule has 4 heteroatoms. The van der Waals surface area contributed by atoms with Gasteiger partial charge in [-0.1, -0.05) is 0 Å². The van der Waals surface area contributed by atoms with Crippen molar-refractivity contribution in [3.05, 3.63) is 22.4 Å². The smallest absolute Gasteiger partial charge is 0.270 e. The average molecular weight is 297 g/mol. The zero-order chi connectivity index (χ0) is 11.8. The van der Waals surface area contributed by atoms with Crippen LogP contribution in [0.5, 0.6) is 0 Å². The van der Waals surface area contributed by atoms with Gasteiger partial charge in [0, 0.05) is 29.8 Å². The number of hydrogen-bond donors (Lipinski definition) is 0. The molecule has 1 aromatic heterocycles. The number of halogens is 1. The van der Waals surface area contributed by atoms with E-state index in [1.165, 1.54) is 19.3 Å². The van der Waals surface area contributed by atoms with Crippen LogP contribution in [-0.2, 0) is 0 Å². The number of aromatic nitrogens is 1. The maximum absolute atomic E-state index is 12.5. The number of hydrogen-bond acceptors (Lipinski definition) is 1. The summed E-state index contributed by atoms with van der Waals surface area (Å²) in [4.78, 5) is 14.5. The Hall–Kier alpha value is -0.770. The zero-order valence-corrected chi connectivity index (χ0v) is 11.4. The van der Waals surface area contributed by atoms with Gasteiger partial charge in [-0.2, -0.15) is 0 Å². The van der Waals surface area contributed by atoms with Crippen LogP contribution in [0.1, 0.15) is 48.6 Å². The van der Waals surface area contributed by atoms with Crippen molar-refractivity contribution in [2.24, 2.45) is 0 Å². The van der Waals surface area contributed by atoms with Crippen LogP contribution in [0.25, 0.3) is 0 Å². The maximum atomic E-state index is 12.5. The van der Waals surface area contributed by atoms with Crippen molar-refractivity contribution in [2.45, 2.75) is 38.1 Å². The molecule has 1 aliphatic heterocycles. The first-order chi connectivity index (χ1) is 8.25. The van der Waals surface area contributed by atoms with Gasteiger partial charge in [-0.3, -0.25) is 4.79 Å². The molecule has 0 unspecified atom stereocenters. The van der Waals surface area contributed by atoms with Crippen molar-refractivity contribution in [1.82, 2.24) is 9.47 Å². The molecular formula is C13H17BrN2O. The molecular weight excluding hydrogens is 280 g/mol. The van der Waals surface area contributed by atoms with Gasteiger partial charge in [-0.15, -0.1) is 0 Å². The van der Waals surface area contributed by atoms with Gasteiger partial charge < -0.3 is 9.47 Å². The molecule has 0 radical (unpaired) electrons. The lowest BCUT2D eigenvalue weighted by atomic mass is 10.1. The molecule has 1 saturated carbocycles. The maximum Gasteiger partial charge on any atom is 0.270 e. The predicted octanol–water partition coefficient (Wildman–Crippen LogP) is 3.21. The molecule has 1 aromatic rings. The number of amides is 1. The van der Waals surface area contributed by atoms with Crippen LogP contribution in [0.4, 0.5) is 0 Å². The number of carbonyl (C=O) groups excluding carboxylic acids is 1. The summed E-state index contributed by atoms with van der Waals surface area (Å²) in [5, 5.41) is 0. The monoisotopic (exact) mass is 296 g/mol. The highest BCUT2D eigenvalue weighted by molar-refractivity contribution is 9.10. The first kappa shape index (κ1) is 11.3. The summed E-state index contributed by atoms with van der Waals surface area (Å²) >= 11 is 3.48. The topological polar surface area (TPSA) is 25.2 Å². The Morgan fingerprint density at radius 2 is 1.94 bits per heavy atom.